The molecule has 6 heteroatoms. The van der Waals surface area contributed by atoms with E-state index < -0.39 is 5.60 Å². The van der Waals surface area contributed by atoms with Crippen LogP contribution in [-0.2, 0) is 16.2 Å². The zero-order valence-electron chi connectivity index (χ0n) is 17.5. The van der Waals surface area contributed by atoms with Crippen molar-refractivity contribution >= 4 is 17.3 Å². The molecule has 0 radical (unpaired) electrons. The van der Waals surface area contributed by atoms with Gasteiger partial charge in [0.1, 0.15) is 5.82 Å². The molecule has 2 aromatic rings. The zero-order chi connectivity index (χ0) is 21.1. The summed E-state index contributed by atoms with van der Waals surface area (Å²) in [6.07, 6.45) is 2.68. The SMILES string of the molecule is CC1CCN(Cc2cccc(NC(=O)[C@@]3(C)CC(c4ccccc4F)=NO3)c2)CC1. The van der Waals surface area contributed by atoms with Crippen LogP contribution in [0.3, 0.4) is 0 Å². The summed E-state index contributed by atoms with van der Waals surface area (Å²) in [6.45, 7) is 7.09. The van der Waals surface area contributed by atoms with E-state index in [0.29, 0.717) is 11.3 Å². The predicted octanol–water partition coefficient (Wildman–Crippen LogP) is 4.58. The van der Waals surface area contributed by atoms with Gasteiger partial charge in [0.25, 0.3) is 5.91 Å². The van der Waals surface area contributed by atoms with Crippen LogP contribution in [0.2, 0.25) is 0 Å². The van der Waals surface area contributed by atoms with Gasteiger partial charge in [-0.05, 0) is 62.5 Å². The summed E-state index contributed by atoms with van der Waals surface area (Å²) < 4.78 is 14.1. The van der Waals surface area contributed by atoms with Crippen LogP contribution in [-0.4, -0.2) is 35.2 Å². The standard InChI is InChI=1S/C24H28FN3O2/c1-17-10-12-28(13-11-17)16-18-6-5-7-19(14-18)26-23(29)24(2)15-22(27-30-24)20-8-3-4-9-21(20)25/h3-9,14,17H,10-13,15-16H2,1-2H3,(H,26,29)/t24-/m1/s1. The largest absolute Gasteiger partial charge is 0.379 e. The lowest BCUT2D eigenvalue weighted by Crippen LogP contribution is -2.40. The normalized spacial score (nSPS) is 22.4. The third kappa shape index (κ3) is 4.54. The molecule has 0 bridgehead atoms. The molecule has 0 aromatic heterocycles. The number of rotatable bonds is 5. The Kier molecular flexibility index (Phi) is 5.86. The Morgan fingerprint density at radius 3 is 2.77 bits per heavy atom. The van der Waals surface area contributed by atoms with Crippen molar-refractivity contribution in [2.24, 2.45) is 11.1 Å². The molecule has 5 nitrogen and oxygen atoms in total. The number of hydrogen-bond donors (Lipinski definition) is 1. The van der Waals surface area contributed by atoms with Gasteiger partial charge in [-0.15, -0.1) is 0 Å². The number of carbonyl (C=O) groups excluding carboxylic acids is 1. The number of benzene rings is 2. The number of nitrogens with zero attached hydrogens (tertiary/aromatic N) is 2. The van der Waals surface area contributed by atoms with Crippen LogP contribution in [0, 0.1) is 11.7 Å². The fourth-order valence-electron chi connectivity index (χ4n) is 3.99. The highest BCUT2D eigenvalue weighted by Crippen LogP contribution is 2.29. The summed E-state index contributed by atoms with van der Waals surface area (Å²) in [5.41, 5.74) is 1.54. The van der Waals surface area contributed by atoms with Crippen LogP contribution < -0.4 is 5.32 Å². The van der Waals surface area contributed by atoms with Crippen molar-refractivity contribution < 1.29 is 14.0 Å². The van der Waals surface area contributed by atoms with Gasteiger partial charge in [-0.1, -0.05) is 42.4 Å². The maximum absolute atomic E-state index is 14.1. The van der Waals surface area contributed by atoms with Gasteiger partial charge in [0.2, 0.25) is 5.60 Å². The van der Waals surface area contributed by atoms with Crippen LogP contribution in [0.4, 0.5) is 10.1 Å². The maximum atomic E-state index is 14.1. The van der Waals surface area contributed by atoms with E-state index in [9.17, 15) is 9.18 Å². The van der Waals surface area contributed by atoms with Gasteiger partial charge in [-0.2, -0.15) is 0 Å². The number of hydrogen-bond acceptors (Lipinski definition) is 4. The summed E-state index contributed by atoms with van der Waals surface area (Å²) in [5.74, 6) is 0.140. The van der Waals surface area contributed by atoms with Crippen molar-refractivity contribution in [2.75, 3.05) is 18.4 Å². The lowest BCUT2D eigenvalue weighted by atomic mass is 9.94. The van der Waals surface area contributed by atoms with E-state index >= 15 is 0 Å². The molecule has 0 unspecified atom stereocenters. The molecule has 0 aliphatic carbocycles. The molecule has 0 saturated carbocycles. The van der Waals surface area contributed by atoms with Crippen molar-refractivity contribution in [1.29, 1.82) is 0 Å². The molecule has 2 aliphatic heterocycles. The monoisotopic (exact) mass is 409 g/mol. The Hall–Kier alpha value is -2.73. The summed E-state index contributed by atoms with van der Waals surface area (Å²) in [4.78, 5) is 20.8. The predicted molar refractivity (Wildman–Crippen MR) is 116 cm³/mol. The summed E-state index contributed by atoms with van der Waals surface area (Å²) in [5, 5.41) is 6.94. The van der Waals surface area contributed by atoms with Gasteiger partial charge in [0.15, 0.2) is 0 Å². The van der Waals surface area contributed by atoms with Gasteiger partial charge in [0, 0.05) is 24.2 Å². The second kappa shape index (κ2) is 8.56. The van der Waals surface area contributed by atoms with Gasteiger partial charge in [-0.25, -0.2) is 4.39 Å². The zero-order valence-corrected chi connectivity index (χ0v) is 17.5. The molecule has 0 spiro atoms. The van der Waals surface area contributed by atoms with E-state index in [1.165, 1.54) is 24.5 Å². The minimum absolute atomic E-state index is 0.214. The molecule has 2 aliphatic rings. The van der Waals surface area contributed by atoms with Crippen LogP contribution in [0.15, 0.2) is 53.7 Å². The number of amides is 1. The number of oxime groups is 1. The first-order valence-corrected chi connectivity index (χ1v) is 10.6. The minimum atomic E-state index is -1.17. The summed E-state index contributed by atoms with van der Waals surface area (Å²) >= 11 is 0. The van der Waals surface area contributed by atoms with Crippen molar-refractivity contribution in [3.05, 3.63) is 65.5 Å². The number of carbonyl (C=O) groups is 1. The van der Waals surface area contributed by atoms with E-state index in [0.717, 1.165) is 31.2 Å². The third-order valence-electron chi connectivity index (χ3n) is 5.99. The first kappa shape index (κ1) is 20.5. The van der Waals surface area contributed by atoms with Crippen LogP contribution in [0.5, 0.6) is 0 Å². The van der Waals surface area contributed by atoms with E-state index in [1.54, 1.807) is 25.1 Å². The van der Waals surface area contributed by atoms with Gasteiger partial charge >= 0.3 is 0 Å². The number of nitrogens with one attached hydrogen (secondary N) is 1. The van der Waals surface area contributed by atoms with Crippen molar-refractivity contribution in [3.63, 3.8) is 0 Å². The molecule has 1 N–H and O–H groups in total. The molecule has 1 fully saturated rings. The van der Waals surface area contributed by atoms with E-state index in [4.69, 9.17) is 4.84 Å². The smallest absolute Gasteiger partial charge is 0.271 e. The molecule has 1 saturated heterocycles. The van der Waals surface area contributed by atoms with Crippen molar-refractivity contribution in [3.8, 4) is 0 Å². The van der Waals surface area contributed by atoms with Gasteiger partial charge in [0.05, 0.1) is 5.71 Å². The average molecular weight is 410 g/mol. The molecule has 1 atom stereocenters. The van der Waals surface area contributed by atoms with Crippen LogP contribution >= 0.6 is 0 Å². The quantitative estimate of drug-likeness (QED) is 0.787. The molecule has 1 amide bonds. The third-order valence-corrected chi connectivity index (χ3v) is 5.99. The first-order chi connectivity index (χ1) is 14.4. The average Bonchev–Trinajstić information content (AvgIpc) is 3.14. The molecular formula is C24H28FN3O2. The van der Waals surface area contributed by atoms with E-state index in [-0.39, 0.29) is 18.1 Å². The number of piperidine rings is 1. The number of halogens is 1. The van der Waals surface area contributed by atoms with Crippen molar-refractivity contribution in [1.82, 2.24) is 4.90 Å². The number of anilines is 1. The fraction of sp³-hybridized carbons (Fsp3) is 0.417. The van der Waals surface area contributed by atoms with Gasteiger partial charge < -0.3 is 10.2 Å². The lowest BCUT2D eigenvalue weighted by Gasteiger charge is -2.30. The fourth-order valence-corrected chi connectivity index (χ4v) is 3.99. The molecule has 30 heavy (non-hydrogen) atoms. The Balaban J connectivity index is 1.39. The molecular weight excluding hydrogens is 381 g/mol. The minimum Gasteiger partial charge on any atom is -0.379 e. The van der Waals surface area contributed by atoms with Crippen LogP contribution in [0.1, 0.15) is 44.2 Å². The molecule has 2 heterocycles. The lowest BCUT2D eigenvalue weighted by molar-refractivity contribution is -0.135. The highest BCUT2D eigenvalue weighted by molar-refractivity contribution is 6.08. The Labute approximate surface area is 176 Å². The first-order valence-electron chi connectivity index (χ1n) is 10.6. The molecule has 2 aromatic carbocycles. The van der Waals surface area contributed by atoms with E-state index in [1.807, 2.05) is 18.2 Å². The molecule has 158 valence electrons. The van der Waals surface area contributed by atoms with Crippen molar-refractivity contribution in [2.45, 2.75) is 45.3 Å². The van der Waals surface area contributed by atoms with Gasteiger partial charge in [-0.3, -0.25) is 9.69 Å². The number of likely N-dealkylation sites (tertiary alicyclic amines) is 1. The molecule has 4 rings (SSSR count). The second-order valence-electron chi connectivity index (χ2n) is 8.63. The Morgan fingerprint density at radius 2 is 2.00 bits per heavy atom. The Bertz CT molecular complexity index is 953. The topological polar surface area (TPSA) is 53.9 Å². The maximum Gasteiger partial charge on any atom is 0.271 e. The Morgan fingerprint density at radius 1 is 1.23 bits per heavy atom. The van der Waals surface area contributed by atoms with E-state index in [2.05, 4.69) is 28.4 Å². The summed E-state index contributed by atoms with van der Waals surface area (Å²) in [7, 11) is 0. The second-order valence-corrected chi connectivity index (χ2v) is 8.63. The highest BCUT2D eigenvalue weighted by atomic mass is 19.1. The van der Waals surface area contributed by atoms with Crippen LogP contribution in [0.25, 0.3) is 0 Å². The highest BCUT2D eigenvalue weighted by Gasteiger charge is 2.42. The summed E-state index contributed by atoms with van der Waals surface area (Å²) in [6, 6.07) is 14.3.